The number of rotatable bonds is 5. The molecule has 0 radical (unpaired) electrons. The minimum absolute atomic E-state index is 0.196. The van der Waals surface area contributed by atoms with Crippen molar-refractivity contribution in [2.75, 3.05) is 20.2 Å². The van der Waals surface area contributed by atoms with E-state index in [0.717, 1.165) is 53.6 Å². The number of azide groups is 1. The molecule has 0 N–H and O–H groups in total. The first-order valence-electron chi connectivity index (χ1n) is 9.46. The molecule has 0 saturated carbocycles. The Kier molecular flexibility index (Phi) is 4.70. The van der Waals surface area contributed by atoms with Gasteiger partial charge in [-0.15, -0.1) is 0 Å². The predicted octanol–water partition coefficient (Wildman–Crippen LogP) is 4.72. The van der Waals surface area contributed by atoms with Crippen LogP contribution in [0.2, 0.25) is 0 Å². The van der Waals surface area contributed by atoms with Crippen LogP contribution in [-0.2, 0) is 0 Å². The molecule has 3 aliphatic rings. The number of pyridine rings is 1. The predicted molar refractivity (Wildman–Crippen MR) is 102 cm³/mol. The summed E-state index contributed by atoms with van der Waals surface area (Å²) in [4.78, 5) is 10.2. The first-order valence-corrected chi connectivity index (χ1v) is 9.46. The minimum atomic E-state index is -0.196. The van der Waals surface area contributed by atoms with Crippen LogP contribution in [0.4, 0.5) is 0 Å². The average molecular weight is 351 g/mol. The summed E-state index contributed by atoms with van der Waals surface area (Å²) in [5.41, 5.74) is 11.2. The topological polar surface area (TPSA) is 74.1 Å². The van der Waals surface area contributed by atoms with Gasteiger partial charge in [-0.25, -0.2) is 0 Å². The van der Waals surface area contributed by atoms with Crippen molar-refractivity contribution in [2.24, 2.45) is 17.0 Å². The summed E-state index contributed by atoms with van der Waals surface area (Å²) in [6.45, 7) is 4.51. The molecule has 3 fully saturated rings. The maximum Gasteiger partial charge on any atom is 0.119 e. The number of hydrogen-bond donors (Lipinski definition) is 0. The van der Waals surface area contributed by atoms with Crippen LogP contribution in [0.25, 0.3) is 21.3 Å². The van der Waals surface area contributed by atoms with Gasteiger partial charge in [0.25, 0.3) is 0 Å². The maximum absolute atomic E-state index is 9.27. The molecule has 6 nitrogen and oxygen atoms in total. The first kappa shape index (κ1) is 17.1. The van der Waals surface area contributed by atoms with Crippen LogP contribution in [0, 0.1) is 11.8 Å². The third kappa shape index (κ3) is 2.89. The van der Waals surface area contributed by atoms with Crippen molar-refractivity contribution >= 4 is 10.9 Å². The molecule has 3 saturated heterocycles. The number of hydrogen-bond acceptors (Lipinski definition) is 4. The summed E-state index contributed by atoms with van der Waals surface area (Å²) in [6, 6.07) is 7.96. The fraction of sp³-hybridized carbons (Fsp3) is 0.550. The van der Waals surface area contributed by atoms with Gasteiger partial charge in [-0.3, -0.25) is 9.88 Å². The molecule has 1 unspecified atom stereocenters. The summed E-state index contributed by atoms with van der Waals surface area (Å²) in [7, 11) is 1.67. The van der Waals surface area contributed by atoms with Gasteiger partial charge in [0.05, 0.1) is 18.7 Å². The number of fused-ring (bicyclic) bond motifs is 4. The molecule has 1 aromatic heterocycles. The molecule has 1 aromatic carbocycles. The zero-order valence-electron chi connectivity index (χ0n) is 15.4. The molecular formula is C20H25N5O. The summed E-state index contributed by atoms with van der Waals surface area (Å²) in [6.07, 6.45) is 5.42. The van der Waals surface area contributed by atoms with Gasteiger partial charge in [-0.1, -0.05) is 18.5 Å². The molecule has 26 heavy (non-hydrogen) atoms. The highest BCUT2D eigenvalue weighted by atomic mass is 16.5. The Balaban J connectivity index is 1.76. The van der Waals surface area contributed by atoms with E-state index in [0.29, 0.717) is 0 Å². The molecule has 6 heteroatoms. The molecule has 4 heterocycles. The van der Waals surface area contributed by atoms with Crippen LogP contribution in [0.15, 0.2) is 35.6 Å². The van der Waals surface area contributed by atoms with Crippen molar-refractivity contribution in [3.05, 3.63) is 46.5 Å². The Hall–Kier alpha value is -2.30. The molecule has 3 aliphatic heterocycles. The van der Waals surface area contributed by atoms with Gasteiger partial charge in [0.2, 0.25) is 0 Å². The zero-order valence-corrected chi connectivity index (χ0v) is 15.4. The van der Waals surface area contributed by atoms with E-state index in [2.05, 4.69) is 26.8 Å². The third-order valence-corrected chi connectivity index (χ3v) is 6.30. The zero-order chi connectivity index (χ0) is 18.1. The quantitative estimate of drug-likeness (QED) is 0.444. The van der Waals surface area contributed by atoms with Gasteiger partial charge in [0.1, 0.15) is 5.75 Å². The molecule has 5 atom stereocenters. The Morgan fingerprint density at radius 3 is 3.00 bits per heavy atom. The third-order valence-electron chi connectivity index (χ3n) is 6.30. The van der Waals surface area contributed by atoms with Crippen LogP contribution in [-0.4, -0.2) is 36.1 Å². The second-order valence-electron chi connectivity index (χ2n) is 7.45. The standard InChI is InChI=1S/C20H25N5O/c1-3-13-12-25-9-7-14(13)10-19(25)20(23-24-21)16-6-8-22-18-5-4-15(26-2)11-17(16)18/h4-6,8,11,13-14,19-20H,3,7,9-10,12H2,1-2H3/t13-,14-,19+,20+/m0/s1. The van der Waals surface area contributed by atoms with Crippen LogP contribution in [0.5, 0.6) is 5.75 Å². The van der Waals surface area contributed by atoms with E-state index in [1.165, 1.54) is 12.8 Å². The second-order valence-corrected chi connectivity index (χ2v) is 7.45. The van der Waals surface area contributed by atoms with Gasteiger partial charge in [-0.2, -0.15) is 0 Å². The average Bonchev–Trinajstić information content (AvgIpc) is 2.71. The highest BCUT2D eigenvalue weighted by Crippen LogP contribution is 2.44. The Labute approximate surface area is 153 Å². The lowest BCUT2D eigenvalue weighted by atomic mass is 9.72. The van der Waals surface area contributed by atoms with Crippen LogP contribution < -0.4 is 4.74 Å². The van der Waals surface area contributed by atoms with Gasteiger partial charge < -0.3 is 4.74 Å². The minimum Gasteiger partial charge on any atom is -0.497 e. The van der Waals surface area contributed by atoms with Crippen molar-refractivity contribution in [3.8, 4) is 5.75 Å². The maximum atomic E-state index is 9.27. The van der Waals surface area contributed by atoms with Crippen molar-refractivity contribution in [1.29, 1.82) is 0 Å². The lowest BCUT2D eigenvalue weighted by Crippen LogP contribution is -2.54. The van der Waals surface area contributed by atoms with E-state index < -0.39 is 0 Å². The fourth-order valence-electron chi connectivity index (χ4n) is 4.90. The van der Waals surface area contributed by atoms with E-state index in [-0.39, 0.29) is 12.1 Å². The lowest BCUT2D eigenvalue weighted by molar-refractivity contribution is -0.0104. The van der Waals surface area contributed by atoms with Crippen LogP contribution in [0.3, 0.4) is 0 Å². The van der Waals surface area contributed by atoms with Crippen LogP contribution in [0.1, 0.15) is 37.8 Å². The Morgan fingerprint density at radius 1 is 1.42 bits per heavy atom. The van der Waals surface area contributed by atoms with Gasteiger partial charge >= 0.3 is 0 Å². The summed E-state index contributed by atoms with van der Waals surface area (Å²) in [5.74, 6) is 2.32. The summed E-state index contributed by atoms with van der Waals surface area (Å²) >= 11 is 0. The van der Waals surface area contributed by atoms with E-state index >= 15 is 0 Å². The number of aromatic nitrogens is 1. The Bertz CT molecular complexity index is 847. The number of methoxy groups -OCH3 is 1. The number of nitrogens with zero attached hydrogens (tertiary/aromatic N) is 5. The van der Waals surface area contributed by atoms with Crippen molar-refractivity contribution in [3.63, 3.8) is 0 Å². The molecule has 0 amide bonds. The number of ether oxygens (including phenoxy) is 1. The SMILES string of the molecule is CC[C@H]1CN2CC[C@H]1C[C@@H]2[C@H](N=[N+]=[N-])c1ccnc2ccc(OC)cc12. The van der Waals surface area contributed by atoms with E-state index in [9.17, 15) is 5.53 Å². The number of piperidine rings is 3. The molecule has 5 rings (SSSR count). The molecule has 2 bridgehead atoms. The van der Waals surface area contributed by atoms with Gasteiger partial charge in [-0.05, 0) is 66.6 Å². The molecule has 0 aliphatic carbocycles. The highest BCUT2D eigenvalue weighted by Gasteiger charge is 2.42. The van der Waals surface area contributed by atoms with E-state index in [1.807, 2.05) is 30.5 Å². The lowest BCUT2D eigenvalue weighted by Gasteiger charge is -2.51. The van der Waals surface area contributed by atoms with Crippen molar-refractivity contribution < 1.29 is 4.74 Å². The molecule has 136 valence electrons. The van der Waals surface area contributed by atoms with E-state index in [4.69, 9.17) is 4.74 Å². The summed E-state index contributed by atoms with van der Waals surface area (Å²) < 4.78 is 5.40. The van der Waals surface area contributed by atoms with Crippen LogP contribution >= 0.6 is 0 Å². The molecular weight excluding hydrogens is 326 g/mol. The number of benzene rings is 1. The normalized spacial score (nSPS) is 28.5. The fourth-order valence-corrected chi connectivity index (χ4v) is 4.90. The highest BCUT2D eigenvalue weighted by molar-refractivity contribution is 5.84. The van der Waals surface area contributed by atoms with Crippen molar-refractivity contribution in [2.45, 2.75) is 38.3 Å². The molecule has 2 aromatic rings. The largest absolute Gasteiger partial charge is 0.497 e. The first-order chi connectivity index (χ1) is 12.7. The van der Waals surface area contributed by atoms with Crippen molar-refractivity contribution in [1.82, 2.24) is 9.88 Å². The van der Waals surface area contributed by atoms with Gasteiger partial charge in [0.15, 0.2) is 0 Å². The summed E-state index contributed by atoms with van der Waals surface area (Å²) in [5, 5.41) is 5.28. The molecule has 0 spiro atoms. The monoisotopic (exact) mass is 351 g/mol. The second kappa shape index (κ2) is 7.14. The van der Waals surface area contributed by atoms with Gasteiger partial charge in [0, 0.05) is 29.1 Å². The smallest absolute Gasteiger partial charge is 0.119 e. The Morgan fingerprint density at radius 2 is 2.31 bits per heavy atom. The van der Waals surface area contributed by atoms with E-state index in [1.54, 1.807) is 7.11 Å².